The number of rotatable bonds is 8. The third-order valence-electron chi connectivity index (χ3n) is 5.17. The first-order valence-electron chi connectivity index (χ1n) is 11.9. The Morgan fingerprint density at radius 3 is 2.06 bits per heavy atom. The van der Waals surface area contributed by atoms with Gasteiger partial charge in [-0.2, -0.15) is 0 Å². The highest BCUT2D eigenvalue weighted by Crippen LogP contribution is 2.30. The van der Waals surface area contributed by atoms with Crippen molar-refractivity contribution in [2.24, 2.45) is 0 Å². The quantitative estimate of drug-likeness (QED) is 0.377. The lowest BCUT2D eigenvalue weighted by Crippen LogP contribution is -2.45. The van der Waals surface area contributed by atoms with Crippen LogP contribution in [0.25, 0.3) is 0 Å². The first kappa shape index (κ1) is 29.2. The third kappa shape index (κ3) is 9.22. The molecule has 1 unspecified atom stereocenters. The van der Waals surface area contributed by atoms with Crippen LogP contribution in [0, 0.1) is 0 Å². The number of ether oxygens (including phenoxy) is 6. The largest absolute Gasteiger partial charge is 0.509 e. The smallest absolute Gasteiger partial charge is 0.497 e. The van der Waals surface area contributed by atoms with Crippen LogP contribution < -0.4 is 4.74 Å². The lowest BCUT2D eigenvalue weighted by Gasteiger charge is -2.30. The molecule has 10 nitrogen and oxygen atoms in total. The van der Waals surface area contributed by atoms with Crippen LogP contribution in [0.15, 0.2) is 24.3 Å². The molecule has 0 spiro atoms. The zero-order valence-electron chi connectivity index (χ0n) is 22.5. The number of hydrogen-bond donors (Lipinski definition) is 0. The molecule has 10 heteroatoms. The Labute approximate surface area is 213 Å². The first-order chi connectivity index (χ1) is 16.7. The fourth-order valence-electron chi connectivity index (χ4n) is 3.67. The number of likely N-dealkylation sites (tertiary alicyclic amines) is 1. The van der Waals surface area contributed by atoms with Crippen molar-refractivity contribution in [1.29, 1.82) is 0 Å². The lowest BCUT2D eigenvalue weighted by molar-refractivity contribution is -0.157. The van der Waals surface area contributed by atoms with Gasteiger partial charge in [-0.15, -0.1) is 0 Å². The topological polar surface area (TPSA) is 110 Å². The molecular weight excluding hydrogens is 470 g/mol. The summed E-state index contributed by atoms with van der Waals surface area (Å²) in [6.45, 7) is 10.6. The van der Waals surface area contributed by atoms with Crippen molar-refractivity contribution < 1.29 is 42.8 Å². The van der Waals surface area contributed by atoms with E-state index in [1.165, 1.54) is 12.0 Å². The molecule has 1 aromatic carbocycles. The monoisotopic (exact) mass is 509 g/mol. The minimum Gasteiger partial charge on any atom is -0.497 e. The predicted molar refractivity (Wildman–Crippen MR) is 131 cm³/mol. The average Bonchev–Trinajstić information content (AvgIpc) is 3.07. The second-order valence-corrected chi connectivity index (χ2v) is 10.6. The molecule has 1 amide bonds. The van der Waals surface area contributed by atoms with E-state index < -0.39 is 47.7 Å². The van der Waals surface area contributed by atoms with E-state index in [1.807, 2.05) is 12.1 Å². The maximum Gasteiger partial charge on any atom is 0.509 e. The predicted octanol–water partition coefficient (Wildman–Crippen LogP) is 4.13. The van der Waals surface area contributed by atoms with E-state index in [-0.39, 0.29) is 19.6 Å². The molecule has 1 saturated heterocycles. The Bertz CT molecular complexity index is 886. The highest BCUT2D eigenvalue weighted by Gasteiger charge is 2.50. The summed E-state index contributed by atoms with van der Waals surface area (Å²) in [5.41, 5.74) is -0.672. The van der Waals surface area contributed by atoms with Gasteiger partial charge in [0, 0.05) is 7.11 Å². The highest BCUT2D eigenvalue weighted by atomic mass is 16.7. The minimum atomic E-state index is -0.956. The van der Waals surface area contributed by atoms with E-state index in [9.17, 15) is 14.4 Å². The Kier molecular flexibility index (Phi) is 9.98. The Balaban J connectivity index is 2.39. The Morgan fingerprint density at radius 1 is 0.917 bits per heavy atom. The molecule has 1 fully saturated rings. The van der Waals surface area contributed by atoms with Gasteiger partial charge in [0.25, 0.3) is 0 Å². The van der Waals surface area contributed by atoms with Crippen molar-refractivity contribution in [3.63, 3.8) is 0 Å². The van der Waals surface area contributed by atoms with E-state index in [1.54, 1.807) is 60.8 Å². The van der Waals surface area contributed by atoms with Crippen LogP contribution in [-0.4, -0.2) is 79.9 Å². The van der Waals surface area contributed by atoms with Crippen LogP contribution in [0.5, 0.6) is 5.75 Å². The summed E-state index contributed by atoms with van der Waals surface area (Å²) in [6.07, 6.45) is -3.10. The molecule has 1 aromatic rings. The summed E-state index contributed by atoms with van der Waals surface area (Å²) >= 11 is 0. The van der Waals surface area contributed by atoms with Crippen molar-refractivity contribution >= 4 is 18.2 Å². The summed E-state index contributed by atoms with van der Waals surface area (Å²) in [5.74, 6) is 0.147. The highest BCUT2D eigenvalue weighted by molar-refractivity contribution is 5.72. The molecule has 0 radical (unpaired) electrons. The zero-order valence-corrected chi connectivity index (χ0v) is 22.5. The second kappa shape index (κ2) is 12.3. The van der Waals surface area contributed by atoms with E-state index in [0.29, 0.717) is 12.2 Å². The van der Waals surface area contributed by atoms with E-state index in [0.717, 1.165) is 5.56 Å². The molecule has 0 aliphatic carbocycles. The molecular formula is C26H39NO9. The SMILES string of the molecule is COCCC(=O)OC1[C@@H](OC(=O)OC(C)(C)C)CN(C(=O)OC(C)(C)C)[C@@H]1Cc1ccc(OC)cc1. The normalized spacial score (nSPS) is 20.0. The van der Waals surface area contributed by atoms with Gasteiger partial charge in [-0.05, 0) is 65.7 Å². The Morgan fingerprint density at radius 2 is 1.53 bits per heavy atom. The summed E-state index contributed by atoms with van der Waals surface area (Å²) in [7, 11) is 3.05. The van der Waals surface area contributed by atoms with Gasteiger partial charge in [-0.25, -0.2) is 9.59 Å². The van der Waals surface area contributed by atoms with Crippen LogP contribution in [-0.2, 0) is 34.9 Å². The van der Waals surface area contributed by atoms with E-state index >= 15 is 0 Å². The number of nitrogens with zero attached hydrogens (tertiary/aromatic N) is 1. The molecule has 202 valence electrons. The van der Waals surface area contributed by atoms with E-state index in [4.69, 9.17) is 28.4 Å². The van der Waals surface area contributed by atoms with Gasteiger partial charge in [0.15, 0.2) is 12.2 Å². The number of esters is 1. The fraction of sp³-hybridized carbons (Fsp3) is 0.654. The van der Waals surface area contributed by atoms with Gasteiger partial charge in [0.1, 0.15) is 17.0 Å². The van der Waals surface area contributed by atoms with Crippen molar-refractivity contribution in [3.8, 4) is 5.75 Å². The maximum absolute atomic E-state index is 13.2. The van der Waals surface area contributed by atoms with Crippen molar-refractivity contribution in [3.05, 3.63) is 29.8 Å². The molecule has 1 aliphatic heterocycles. The van der Waals surface area contributed by atoms with Crippen LogP contribution in [0.1, 0.15) is 53.5 Å². The Hall–Kier alpha value is -3.01. The van der Waals surface area contributed by atoms with Crippen molar-refractivity contribution in [2.45, 2.75) is 83.8 Å². The van der Waals surface area contributed by atoms with Gasteiger partial charge in [0.2, 0.25) is 0 Å². The molecule has 2 rings (SSSR count). The van der Waals surface area contributed by atoms with Crippen molar-refractivity contribution in [2.75, 3.05) is 27.4 Å². The molecule has 0 bridgehead atoms. The molecule has 0 aromatic heterocycles. The first-order valence-corrected chi connectivity index (χ1v) is 11.9. The van der Waals surface area contributed by atoms with Gasteiger partial charge in [0.05, 0.1) is 32.7 Å². The number of carbonyl (C=O) groups is 3. The average molecular weight is 510 g/mol. The second-order valence-electron chi connectivity index (χ2n) is 10.6. The van der Waals surface area contributed by atoms with Gasteiger partial charge < -0.3 is 28.4 Å². The summed E-state index contributed by atoms with van der Waals surface area (Å²) in [5, 5.41) is 0. The summed E-state index contributed by atoms with van der Waals surface area (Å²) in [6, 6.07) is 6.66. The third-order valence-corrected chi connectivity index (χ3v) is 5.17. The lowest BCUT2D eigenvalue weighted by atomic mass is 10.0. The van der Waals surface area contributed by atoms with E-state index in [2.05, 4.69) is 0 Å². The van der Waals surface area contributed by atoms with Crippen LogP contribution in [0.3, 0.4) is 0 Å². The van der Waals surface area contributed by atoms with Crippen molar-refractivity contribution in [1.82, 2.24) is 4.90 Å². The molecule has 3 atom stereocenters. The fourth-order valence-corrected chi connectivity index (χ4v) is 3.67. The summed E-state index contributed by atoms with van der Waals surface area (Å²) in [4.78, 5) is 39.7. The minimum absolute atomic E-state index is 0.00779. The van der Waals surface area contributed by atoms with Crippen LogP contribution >= 0.6 is 0 Å². The molecule has 0 saturated carbocycles. The molecule has 1 heterocycles. The van der Waals surface area contributed by atoms with Crippen LogP contribution in [0.2, 0.25) is 0 Å². The summed E-state index contributed by atoms with van der Waals surface area (Å²) < 4.78 is 32.5. The molecule has 1 aliphatic rings. The zero-order chi connectivity index (χ0) is 27.1. The molecule has 36 heavy (non-hydrogen) atoms. The van der Waals surface area contributed by atoms with Crippen LogP contribution in [0.4, 0.5) is 9.59 Å². The number of amides is 1. The number of carbonyl (C=O) groups excluding carboxylic acids is 3. The number of methoxy groups -OCH3 is 2. The number of benzene rings is 1. The molecule has 0 N–H and O–H groups in total. The standard InChI is InChI=1S/C26H39NO9/c1-25(2,3)35-23(29)27-16-20(33-24(30)36-26(4,5)6)22(34-21(28)13-14-31-7)19(27)15-17-9-11-18(32-8)12-10-17/h9-12,19-20,22H,13-16H2,1-8H3/t19-,20+,22?/m1/s1. The van der Waals surface area contributed by atoms with Gasteiger partial charge >= 0.3 is 18.2 Å². The van der Waals surface area contributed by atoms with Gasteiger partial charge in [-0.1, -0.05) is 12.1 Å². The van der Waals surface area contributed by atoms with Gasteiger partial charge in [-0.3, -0.25) is 9.69 Å². The number of hydrogen-bond acceptors (Lipinski definition) is 9. The maximum atomic E-state index is 13.2.